The van der Waals surface area contributed by atoms with E-state index < -0.39 is 0 Å². The summed E-state index contributed by atoms with van der Waals surface area (Å²) in [7, 11) is 0. The lowest BCUT2D eigenvalue weighted by Crippen LogP contribution is -2.31. The second-order valence-electron chi connectivity index (χ2n) is 5.22. The molecule has 1 aromatic heterocycles. The first-order chi connectivity index (χ1) is 10.5. The molecular weight excluding hydrogens is 300 g/mol. The number of pyridine rings is 1. The fourth-order valence-electron chi connectivity index (χ4n) is 2.14. The maximum Gasteiger partial charge on any atom is 0.221 e. The van der Waals surface area contributed by atoms with Crippen LogP contribution >= 0.6 is 11.6 Å². The largest absolute Gasteiger partial charge is 0.383 e. The van der Waals surface area contributed by atoms with Gasteiger partial charge in [-0.1, -0.05) is 11.6 Å². The van der Waals surface area contributed by atoms with Crippen LogP contribution in [0, 0.1) is 11.3 Å². The Bertz CT molecular complexity index is 737. The number of rotatable bonds is 5. The van der Waals surface area contributed by atoms with Crippen molar-refractivity contribution in [1.82, 2.24) is 10.3 Å². The van der Waals surface area contributed by atoms with E-state index in [1.807, 2.05) is 13.8 Å². The van der Waals surface area contributed by atoms with E-state index in [9.17, 15) is 10.1 Å². The number of carbonyl (C=O) groups is 1. The smallest absolute Gasteiger partial charge is 0.221 e. The molecule has 0 fully saturated rings. The monoisotopic (exact) mass is 316 g/mol. The number of aromatic nitrogens is 1. The van der Waals surface area contributed by atoms with E-state index in [1.54, 1.807) is 18.2 Å². The van der Waals surface area contributed by atoms with E-state index in [0.717, 1.165) is 10.9 Å². The first-order valence-electron chi connectivity index (χ1n) is 7.03. The fourth-order valence-corrected chi connectivity index (χ4v) is 2.31. The second-order valence-corrected chi connectivity index (χ2v) is 5.66. The zero-order chi connectivity index (χ0) is 16.1. The fraction of sp³-hybridized carbons (Fsp3) is 0.312. The van der Waals surface area contributed by atoms with Gasteiger partial charge in [-0.15, -0.1) is 0 Å². The molecule has 114 valence electrons. The summed E-state index contributed by atoms with van der Waals surface area (Å²) < 4.78 is 0. The number of hydrogen-bond acceptors (Lipinski definition) is 4. The summed E-state index contributed by atoms with van der Waals surface area (Å²) in [6, 6.07) is 7.54. The number of amides is 1. The Morgan fingerprint density at radius 1 is 1.45 bits per heavy atom. The summed E-state index contributed by atoms with van der Waals surface area (Å²) in [5, 5.41) is 16.6. The summed E-state index contributed by atoms with van der Waals surface area (Å²) in [6.45, 7) is 4.26. The van der Waals surface area contributed by atoms with E-state index in [-0.39, 0.29) is 11.9 Å². The molecule has 0 spiro atoms. The molecule has 0 saturated carbocycles. The normalized spacial score (nSPS) is 10.5. The van der Waals surface area contributed by atoms with E-state index in [0.29, 0.717) is 29.2 Å². The minimum absolute atomic E-state index is 0.0302. The topological polar surface area (TPSA) is 77.8 Å². The predicted molar refractivity (Wildman–Crippen MR) is 87.9 cm³/mol. The average Bonchev–Trinajstić information content (AvgIpc) is 2.46. The zero-order valence-electron chi connectivity index (χ0n) is 12.5. The van der Waals surface area contributed by atoms with Crippen molar-refractivity contribution in [3.05, 3.63) is 35.0 Å². The number of fused-ring (bicyclic) bond motifs is 1. The Morgan fingerprint density at radius 2 is 2.23 bits per heavy atom. The van der Waals surface area contributed by atoms with Crippen molar-refractivity contribution in [2.45, 2.75) is 26.3 Å². The molecule has 0 aliphatic rings. The van der Waals surface area contributed by atoms with Crippen LogP contribution in [0.1, 0.15) is 25.8 Å². The number of benzene rings is 1. The van der Waals surface area contributed by atoms with Crippen LogP contribution in [-0.4, -0.2) is 23.5 Å². The van der Waals surface area contributed by atoms with Gasteiger partial charge in [0.15, 0.2) is 0 Å². The molecule has 1 heterocycles. The average molecular weight is 317 g/mol. The first-order valence-corrected chi connectivity index (χ1v) is 7.40. The Kier molecular flexibility index (Phi) is 5.18. The van der Waals surface area contributed by atoms with E-state index >= 15 is 0 Å². The Hall–Kier alpha value is -2.32. The number of hydrogen-bond donors (Lipinski definition) is 2. The van der Waals surface area contributed by atoms with Crippen LogP contribution in [-0.2, 0) is 4.79 Å². The molecule has 0 aliphatic carbocycles. The van der Waals surface area contributed by atoms with E-state index in [2.05, 4.69) is 21.7 Å². The van der Waals surface area contributed by atoms with Gasteiger partial charge in [-0.25, -0.2) is 0 Å². The molecule has 2 N–H and O–H groups in total. The lowest BCUT2D eigenvalue weighted by Gasteiger charge is -2.12. The predicted octanol–water partition coefficient (Wildman–Crippen LogP) is 3.09. The zero-order valence-corrected chi connectivity index (χ0v) is 13.2. The summed E-state index contributed by atoms with van der Waals surface area (Å²) >= 11 is 6.03. The van der Waals surface area contributed by atoms with Gasteiger partial charge in [-0.3, -0.25) is 9.78 Å². The summed E-state index contributed by atoms with van der Waals surface area (Å²) in [4.78, 5) is 15.9. The van der Waals surface area contributed by atoms with Crippen molar-refractivity contribution in [3.63, 3.8) is 0 Å². The van der Waals surface area contributed by atoms with Gasteiger partial charge in [0.1, 0.15) is 6.07 Å². The Labute approximate surface area is 134 Å². The van der Waals surface area contributed by atoms with Crippen LogP contribution in [0.5, 0.6) is 0 Å². The molecule has 2 aromatic rings. The van der Waals surface area contributed by atoms with Crippen molar-refractivity contribution < 1.29 is 4.79 Å². The van der Waals surface area contributed by atoms with Crippen molar-refractivity contribution in [2.75, 3.05) is 11.9 Å². The van der Waals surface area contributed by atoms with Gasteiger partial charge in [0.25, 0.3) is 0 Å². The van der Waals surface area contributed by atoms with Crippen molar-refractivity contribution >= 4 is 34.1 Å². The molecular formula is C16H17ClN4O. The first kappa shape index (κ1) is 16.1. The minimum atomic E-state index is -0.0302. The van der Waals surface area contributed by atoms with Crippen molar-refractivity contribution in [1.29, 1.82) is 5.26 Å². The molecule has 0 unspecified atom stereocenters. The molecule has 0 saturated heterocycles. The van der Waals surface area contributed by atoms with E-state index in [4.69, 9.17) is 11.6 Å². The van der Waals surface area contributed by atoms with Crippen LogP contribution in [0.2, 0.25) is 5.02 Å². The van der Waals surface area contributed by atoms with E-state index in [1.165, 1.54) is 6.20 Å². The van der Waals surface area contributed by atoms with Gasteiger partial charge in [0.2, 0.25) is 5.91 Å². The highest BCUT2D eigenvalue weighted by atomic mass is 35.5. The number of nitrogens with zero attached hydrogens (tertiary/aromatic N) is 2. The van der Waals surface area contributed by atoms with Crippen molar-refractivity contribution in [2.24, 2.45) is 0 Å². The molecule has 2 rings (SSSR count). The van der Waals surface area contributed by atoms with Gasteiger partial charge in [-0.05, 0) is 32.0 Å². The van der Waals surface area contributed by atoms with Crippen LogP contribution in [0.4, 0.5) is 5.69 Å². The van der Waals surface area contributed by atoms with Gasteiger partial charge in [-0.2, -0.15) is 5.26 Å². The third-order valence-corrected chi connectivity index (χ3v) is 3.29. The third-order valence-electron chi connectivity index (χ3n) is 3.05. The maximum absolute atomic E-state index is 11.7. The number of anilines is 1. The lowest BCUT2D eigenvalue weighted by molar-refractivity contribution is -0.121. The molecule has 0 bridgehead atoms. The second kappa shape index (κ2) is 7.10. The summed E-state index contributed by atoms with van der Waals surface area (Å²) in [5.74, 6) is -0.0302. The van der Waals surface area contributed by atoms with Crippen LogP contribution in [0.15, 0.2) is 24.4 Å². The highest BCUT2D eigenvalue weighted by molar-refractivity contribution is 6.31. The van der Waals surface area contributed by atoms with Gasteiger partial charge in [0, 0.05) is 35.6 Å². The third kappa shape index (κ3) is 3.86. The molecule has 1 aromatic carbocycles. The van der Waals surface area contributed by atoms with Gasteiger partial charge < -0.3 is 10.6 Å². The van der Waals surface area contributed by atoms with Crippen LogP contribution in [0.25, 0.3) is 10.9 Å². The highest BCUT2D eigenvalue weighted by Gasteiger charge is 2.10. The SMILES string of the molecule is CC(C)NC(=O)CCNc1c(C#N)cnc2ccc(Cl)cc12. The summed E-state index contributed by atoms with van der Waals surface area (Å²) in [5.41, 5.74) is 1.84. The quantitative estimate of drug-likeness (QED) is 0.888. The minimum Gasteiger partial charge on any atom is -0.383 e. The molecule has 5 nitrogen and oxygen atoms in total. The van der Waals surface area contributed by atoms with Crippen molar-refractivity contribution in [3.8, 4) is 6.07 Å². The number of carbonyl (C=O) groups excluding carboxylic acids is 1. The lowest BCUT2D eigenvalue weighted by atomic mass is 10.1. The Balaban J connectivity index is 2.20. The number of nitrogens with one attached hydrogen (secondary N) is 2. The highest BCUT2D eigenvalue weighted by Crippen LogP contribution is 2.28. The standard InChI is InChI=1S/C16H17ClN4O/c1-10(2)21-15(22)5-6-19-16-11(8-18)9-20-14-4-3-12(17)7-13(14)16/h3-4,7,9-10H,5-6H2,1-2H3,(H,19,20)(H,21,22). The molecule has 0 atom stereocenters. The van der Waals surface area contributed by atoms with Crippen LogP contribution < -0.4 is 10.6 Å². The maximum atomic E-state index is 11.7. The van der Waals surface area contributed by atoms with Gasteiger partial charge >= 0.3 is 0 Å². The molecule has 1 amide bonds. The Morgan fingerprint density at radius 3 is 2.91 bits per heavy atom. The van der Waals surface area contributed by atoms with Gasteiger partial charge in [0.05, 0.1) is 16.8 Å². The van der Waals surface area contributed by atoms with Crippen LogP contribution in [0.3, 0.4) is 0 Å². The number of halogens is 1. The molecule has 0 radical (unpaired) electrons. The molecule has 22 heavy (non-hydrogen) atoms. The number of nitriles is 1. The molecule has 0 aliphatic heterocycles. The summed E-state index contributed by atoms with van der Waals surface area (Å²) in [6.07, 6.45) is 1.85. The molecule has 6 heteroatoms.